The second kappa shape index (κ2) is 8.10. The fraction of sp³-hybridized carbons (Fsp3) is 0.158. The van der Waals surface area contributed by atoms with Crippen LogP contribution in [0.3, 0.4) is 0 Å². The maximum atomic E-state index is 12.1. The molecular weight excluding hydrogens is 417 g/mol. The van der Waals surface area contributed by atoms with Crippen LogP contribution in [0.15, 0.2) is 48.8 Å². The number of rotatable bonds is 5. The number of ether oxygens (including phenoxy) is 1. The van der Waals surface area contributed by atoms with Gasteiger partial charge in [-0.15, -0.1) is 0 Å². The minimum atomic E-state index is -0.344. The summed E-state index contributed by atoms with van der Waals surface area (Å²) in [5.41, 5.74) is 1.38. The van der Waals surface area contributed by atoms with Gasteiger partial charge < -0.3 is 10.1 Å². The second-order valence-electron chi connectivity index (χ2n) is 6.36. The molecule has 0 spiro atoms. The van der Waals surface area contributed by atoms with Crippen molar-refractivity contribution in [2.24, 2.45) is 0 Å². The highest BCUT2D eigenvalue weighted by Gasteiger charge is 2.27. The molecule has 1 atom stereocenters. The average molecular weight is 432 g/mol. The Morgan fingerprint density at radius 1 is 1.21 bits per heavy atom. The Bertz CT molecular complexity index is 1050. The van der Waals surface area contributed by atoms with Gasteiger partial charge in [-0.3, -0.25) is 14.9 Å². The van der Waals surface area contributed by atoms with Crippen molar-refractivity contribution in [1.29, 1.82) is 0 Å². The molecule has 4 rings (SSSR count). The van der Waals surface area contributed by atoms with Crippen molar-refractivity contribution in [2.45, 2.75) is 12.5 Å². The van der Waals surface area contributed by atoms with Crippen molar-refractivity contribution in [3.05, 3.63) is 64.4 Å². The van der Waals surface area contributed by atoms with Crippen molar-refractivity contribution in [1.82, 2.24) is 14.8 Å². The smallest absolute Gasteiger partial charge is 0.262 e. The third-order valence-corrected chi connectivity index (χ3v) is 4.72. The lowest BCUT2D eigenvalue weighted by molar-refractivity contribution is -0.118. The molecule has 0 radical (unpaired) electrons. The second-order valence-corrected chi connectivity index (χ2v) is 7.23. The summed E-state index contributed by atoms with van der Waals surface area (Å²) < 4.78 is 7.19. The van der Waals surface area contributed by atoms with Gasteiger partial charge in [0.05, 0.1) is 12.5 Å². The molecule has 2 heterocycles. The molecule has 0 bridgehead atoms. The fourth-order valence-corrected chi connectivity index (χ4v) is 3.55. The Balaban J connectivity index is 1.38. The van der Waals surface area contributed by atoms with E-state index in [2.05, 4.69) is 20.7 Å². The van der Waals surface area contributed by atoms with Gasteiger partial charge in [0.2, 0.25) is 11.9 Å². The van der Waals surface area contributed by atoms with Gasteiger partial charge in [0.25, 0.3) is 5.91 Å². The van der Waals surface area contributed by atoms with Gasteiger partial charge in [0.15, 0.2) is 6.61 Å². The van der Waals surface area contributed by atoms with Gasteiger partial charge >= 0.3 is 0 Å². The number of fused-ring (bicyclic) bond motifs is 1. The molecule has 1 aromatic heterocycles. The molecule has 0 fully saturated rings. The minimum Gasteiger partial charge on any atom is -0.484 e. The van der Waals surface area contributed by atoms with E-state index < -0.39 is 0 Å². The van der Waals surface area contributed by atoms with Crippen LogP contribution < -0.4 is 15.4 Å². The summed E-state index contributed by atoms with van der Waals surface area (Å²) in [6.07, 6.45) is 1.66. The van der Waals surface area contributed by atoms with E-state index >= 15 is 0 Å². The molecule has 0 saturated carbocycles. The summed E-state index contributed by atoms with van der Waals surface area (Å²) in [5, 5.41) is 10.4. The molecule has 10 heteroatoms. The van der Waals surface area contributed by atoms with E-state index in [-0.39, 0.29) is 30.9 Å². The Morgan fingerprint density at radius 3 is 2.66 bits per heavy atom. The number of benzene rings is 2. The van der Waals surface area contributed by atoms with Crippen molar-refractivity contribution >= 4 is 46.7 Å². The van der Waals surface area contributed by atoms with Crippen LogP contribution in [0.5, 0.6) is 5.75 Å². The van der Waals surface area contributed by atoms with Crippen molar-refractivity contribution < 1.29 is 14.3 Å². The highest BCUT2D eigenvalue weighted by Crippen LogP contribution is 2.29. The first-order chi connectivity index (χ1) is 14.0. The first-order valence-corrected chi connectivity index (χ1v) is 9.41. The van der Waals surface area contributed by atoms with Gasteiger partial charge in [-0.2, -0.15) is 10.1 Å². The number of amides is 2. The van der Waals surface area contributed by atoms with Gasteiger partial charge in [-0.25, -0.2) is 4.68 Å². The quantitative estimate of drug-likeness (QED) is 0.643. The Morgan fingerprint density at radius 2 is 1.93 bits per heavy atom. The standard InChI is InChI=1S/C19H15Cl2N5O3/c20-12-5-13(21)7-14(6-12)24-18(28)9-29-15-3-1-11(2-4-15)16-8-17(27)25-19-22-10-23-26(16)19/h1-7,10,16H,8-9H2,(H,24,28)(H,22,23,25,27)/t16-/m1/s1. The summed E-state index contributed by atoms with van der Waals surface area (Å²) in [4.78, 5) is 28.0. The van der Waals surface area contributed by atoms with Crippen LogP contribution in [0.25, 0.3) is 0 Å². The van der Waals surface area contributed by atoms with Gasteiger partial charge in [-0.05, 0) is 35.9 Å². The Labute approximate surface area is 175 Å². The molecule has 2 aromatic carbocycles. The summed E-state index contributed by atoms with van der Waals surface area (Å²) in [5.74, 6) is 0.480. The van der Waals surface area contributed by atoms with Gasteiger partial charge in [-0.1, -0.05) is 35.3 Å². The lowest BCUT2D eigenvalue weighted by atomic mass is 10.0. The molecule has 0 unspecified atom stereocenters. The van der Waals surface area contributed by atoms with Crippen molar-refractivity contribution in [2.75, 3.05) is 17.2 Å². The largest absolute Gasteiger partial charge is 0.484 e. The molecule has 29 heavy (non-hydrogen) atoms. The molecule has 0 aliphatic carbocycles. The molecule has 1 aliphatic heterocycles. The fourth-order valence-electron chi connectivity index (χ4n) is 3.02. The van der Waals surface area contributed by atoms with E-state index in [1.54, 1.807) is 35.0 Å². The van der Waals surface area contributed by atoms with E-state index in [1.165, 1.54) is 6.33 Å². The van der Waals surface area contributed by atoms with Crippen molar-refractivity contribution in [3.63, 3.8) is 0 Å². The van der Waals surface area contributed by atoms with E-state index in [0.29, 0.717) is 27.4 Å². The van der Waals surface area contributed by atoms with Crippen molar-refractivity contribution in [3.8, 4) is 5.75 Å². The average Bonchev–Trinajstić information content (AvgIpc) is 3.13. The summed E-state index contributed by atoms with van der Waals surface area (Å²) in [6, 6.07) is 11.7. The van der Waals surface area contributed by atoms with Crippen LogP contribution in [0.2, 0.25) is 10.0 Å². The van der Waals surface area contributed by atoms with Crippen LogP contribution in [-0.4, -0.2) is 33.2 Å². The van der Waals surface area contributed by atoms with Crippen LogP contribution in [0.1, 0.15) is 18.0 Å². The predicted octanol–water partition coefficient (Wildman–Crippen LogP) is 3.53. The predicted molar refractivity (Wildman–Crippen MR) is 108 cm³/mol. The molecule has 2 N–H and O–H groups in total. The molecule has 3 aromatic rings. The molecular formula is C19H15Cl2N5O3. The number of nitrogens with zero attached hydrogens (tertiary/aromatic N) is 3. The van der Waals surface area contributed by atoms with E-state index in [1.807, 2.05) is 12.1 Å². The zero-order chi connectivity index (χ0) is 20.4. The van der Waals surface area contributed by atoms with E-state index in [0.717, 1.165) is 5.56 Å². The maximum absolute atomic E-state index is 12.1. The van der Waals surface area contributed by atoms with E-state index in [4.69, 9.17) is 27.9 Å². The highest BCUT2D eigenvalue weighted by atomic mass is 35.5. The third kappa shape index (κ3) is 4.49. The monoisotopic (exact) mass is 431 g/mol. The number of halogens is 2. The topological polar surface area (TPSA) is 98.1 Å². The van der Waals surface area contributed by atoms with Crippen LogP contribution in [0, 0.1) is 0 Å². The third-order valence-electron chi connectivity index (χ3n) is 4.28. The minimum absolute atomic E-state index is 0.117. The first kappa shape index (κ1) is 19.2. The van der Waals surface area contributed by atoms with Gasteiger partial charge in [0, 0.05) is 15.7 Å². The lowest BCUT2D eigenvalue weighted by Crippen LogP contribution is -2.29. The SMILES string of the molecule is O=C(COc1ccc([C@H]2CC(=O)Nc3ncnn32)cc1)Nc1cc(Cl)cc(Cl)c1. The van der Waals surface area contributed by atoms with Crippen LogP contribution in [0.4, 0.5) is 11.6 Å². The van der Waals surface area contributed by atoms with Crippen LogP contribution in [-0.2, 0) is 9.59 Å². The molecule has 1 aliphatic rings. The number of nitrogens with one attached hydrogen (secondary N) is 2. The summed E-state index contributed by atoms with van der Waals surface area (Å²) in [6.45, 7) is -0.178. The van der Waals surface area contributed by atoms with Crippen LogP contribution >= 0.6 is 23.2 Å². The summed E-state index contributed by atoms with van der Waals surface area (Å²) >= 11 is 11.8. The number of aromatic nitrogens is 3. The zero-order valence-electron chi connectivity index (χ0n) is 14.9. The Kier molecular flexibility index (Phi) is 5.37. The molecule has 2 amide bonds. The number of anilines is 2. The first-order valence-electron chi connectivity index (χ1n) is 8.66. The molecule has 8 nitrogen and oxygen atoms in total. The summed E-state index contributed by atoms with van der Waals surface area (Å²) in [7, 11) is 0. The number of hydrogen-bond acceptors (Lipinski definition) is 5. The van der Waals surface area contributed by atoms with E-state index in [9.17, 15) is 9.59 Å². The lowest BCUT2D eigenvalue weighted by Gasteiger charge is -2.23. The normalized spacial score (nSPS) is 15.4. The number of hydrogen-bond donors (Lipinski definition) is 2. The molecule has 0 saturated heterocycles. The number of carbonyl (C=O) groups is 2. The van der Waals surface area contributed by atoms with Gasteiger partial charge in [0.1, 0.15) is 12.1 Å². The zero-order valence-corrected chi connectivity index (χ0v) is 16.4. The molecule has 148 valence electrons. The highest BCUT2D eigenvalue weighted by molar-refractivity contribution is 6.35. The maximum Gasteiger partial charge on any atom is 0.262 e. The number of carbonyl (C=O) groups excluding carboxylic acids is 2. The Hall–Kier alpha value is -3.10.